The van der Waals surface area contributed by atoms with Crippen LogP contribution in [0.5, 0.6) is 11.5 Å². The van der Waals surface area contributed by atoms with E-state index in [4.69, 9.17) is 37.8 Å². The van der Waals surface area contributed by atoms with E-state index in [0.29, 0.717) is 27.2 Å². The minimum atomic E-state index is -0.0719. The average molecular weight is 434 g/mol. The molecule has 0 heterocycles. The zero-order valence-electron chi connectivity index (χ0n) is 12.7. The maximum absolute atomic E-state index is 8.85. The highest BCUT2D eigenvalue weighted by atomic mass is 79.9. The molecule has 2 rings (SSSR count). The molecule has 8 heteroatoms. The molecule has 0 saturated heterocycles. The van der Waals surface area contributed by atoms with Gasteiger partial charge in [0, 0.05) is 10.0 Å². The maximum Gasteiger partial charge on any atom is 0.162 e. The van der Waals surface area contributed by atoms with Crippen LogP contribution < -0.4 is 14.9 Å². The van der Waals surface area contributed by atoms with Gasteiger partial charge in [-0.15, -0.1) is 0 Å². The summed E-state index contributed by atoms with van der Waals surface area (Å²) in [5.74, 6) is 1.08. The molecule has 0 amide bonds. The number of ether oxygens (including phenoxy) is 2. The lowest BCUT2D eigenvalue weighted by Crippen LogP contribution is -2.03. The number of halogens is 3. The smallest absolute Gasteiger partial charge is 0.162 e. The number of hydrogen-bond acceptors (Lipinski definition) is 5. The van der Waals surface area contributed by atoms with Crippen LogP contribution in [0.1, 0.15) is 5.56 Å². The topological polar surface area (TPSA) is 63.1 Å². The molecule has 0 spiro atoms. The molecule has 2 aromatic carbocycles. The summed E-state index contributed by atoms with van der Waals surface area (Å²) >= 11 is 15.3. The van der Waals surface area contributed by atoms with Crippen molar-refractivity contribution in [3.8, 4) is 11.5 Å². The highest BCUT2D eigenvalue weighted by molar-refractivity contribution is 9.10. The van der Waals surface area contributed by atoms with Gasteiger partial charge in [-0.05, 0) is 46.3 Å². The van der Waals surface area contributed by atoms with Gasteiger partial charge in [-0.3, -0.25) is 5.43 Å². The van der Waals surface area contributed by atoms with Crippen LogP contribution in [0.15, 0.2) is 39.9 Å². The number of hydrogen-bond donors (Lipinski definition) is 2. The number of anilines is 1. The van der Waals surface area contributed by atoms with Crippen LogP contribution in [0.4, 0.5) is 5.69 Å². The van der Waals surface area contributed by atoms with Crippen LogP contribution in [0, 0.1) is 0 Å². The molecule has 24 heavy (non-hydrogen) atoms. The Labute approximate surface area is 158 Å². The molecule has 0 aliphatic rings. The lowest BCUT2D eigenvalue weighted by molar-refractivity contribution is 0.196. The van der Waals surface area contributed by atoms with Gasteiger partial charge in [0.25, 0.3) is 0 Å². The summed E-state index contributed by atoms with van der Waals surface area (Å²) < 4.78 is 11.5. The van der Waals surface area contributed by atoms with Gasteiger partial charge in [0.2, 0.25) is 0 Å². The molecule has 2 N–H and O–H groups in total. The fraction of sp³-hybridized carbons (Fsp3) is 0.188. The van der Waals surface area contributed by atoms with Crippen molar-refractivity contribution in [2.24, 2.45) is 5.10 Å². The van der Waals surface area contributed by atoms with Crippen molar-refractivity contribution in [2.45, 2.75) is 0 Å². The molecule has 0 aromatic heterocycles. The fourth-order valence-corrected chi connectivity index (χ4v) is 2.54. The lowest BCUT2D eigenvalue weighted by atomic mass is 10.2. The molecule has 0 fully saturated rings. The standard InChI is InChI=1S/C16H15BrCl2N2O3/c1-23-15-6-10(12(17)8-16(15)24-5-4-22)9-20-21-11-2-3-13(18)14(19)7-11/h2-3,6-9,21-22H,4-5H2,1H3. The SMILES string of the molecule is COc1cc(C=NNc2ccc(Cl)c(Cl)c2)c(Br)cc1OCCO. The van der Waals surface area contributed by atoms with Gasteiger partial charge in [0.1, 0.15) is 6.61 Å². The van der Waals surface area contributed by atoms with Gasteiger partial charge in [-0.2, -0.15) is 5.10 Å². The molecule has 0 aliphatic carbocycles. The van der Waals surface area contributed by atoms with Gasteiger partial charge in [-0.1, -0.05) is 23.2 Å². The van der Waals surface area contributed by atoms with Crippen LogP contribution >= 0.6 is 39.1 Å². The van der Waals surface area contributed by atoms with Crippen molar-refractivity contribution in [3.05, 3.63) is 50.4 Å². The molecular weight excluding hydrogens is 419 g/mol. The Balaban J connectivity index is 2.14. The third-order valence-corrected chi connectivity index (χ3v) is 4.37. The Kier molecular flexibility index (Phi) is 7.17. The second kappa shape index (κ2) is 9.13. The number of aliphatic hydroxyl groups excluding tert-OH is 1. The summed E-state index contributed by atoms with van der Waals surface area (Å²) in [6.45, 7) is 0.118. The summed E-state index contributed by atoms with van der Waals surface area (Å²) in [4.78, 5) is 0. The Hall–Kier alpha value is -1.47. The first-order valence-corrected chi connectivity index (χ1v) is 8.45. The molecule has 0 bridgehead atoms. The number of methoxy groups -OCH3 is 1. The van der Waals surface area contributed by atoms with Crippen molar-refractivity contribution in [1.82, 2.24) is 0 Å². The normalized spacial score (nSPS) is 10.9. The van der Waals surface area contributed by atoms with Gasteiger partial charge in [0.15, 0.2) is 11.5 Å². The van der Waals surface area contributed by atoms with Gasteiger partial charge in [0.05, 0.1) is 35.7 Å². The number of nitrogens with zero attached hydrogens (tertiary/aromatic N) is 1. The van der Waals surface area contributed by atoms with Crippen molar-refractivity contribution in [3.63, 3.8) is 0 Å². The molecule has 5 nitrogen and oxygen atoms in total. The minimum absolute atomic E-state index is 0.0719. The highest BCUT2D eigenvalue weighted by Gasteiger charge is 2.09. The Morgan fingerprint density at radius 1 is 1.21 bits per heavy atom. The highest BCUT2D eigenvalue weighted by Crippen LogP contribution is 2.33. The average Bonchev–Trinajstić information content (AvgIpc) is 2.57. The number of hydrazone groups is 1. The van der Waals surface area contributed by atoms with Crippen molar-refractivity contribution in [1.29, 1.82) is 0 Å². The van der Waals surface area contributed by atoms with E-state index in [-0.39, 0.29) is 13.2 Å². The molecule has 0 radical (unpaired) electrons. The van der Waals surface area contributed by atoms with Crippen molar-refractivity contribution in [2.75, 3.05) is 25.7 Å². The van der Waals surface area contributed by atoms with Gasteiger partial charge < -0.3 is 14.6 Å². The van der Waals surface area contributed by atoms with E-state index in [1.807, 2.05) is 0 Å². The summed E-state index contributed by atoms with van der Waals surface area (Å²) in [6.07, 6.45) is 1.63. The Morgan fingerprint density at radius 2 is 2.00 bits per heavy atom. The lowest BCUT2D eigenvalue weighted by Gasteiger charge is -2.11. The molecule has 0 unspecified atom stereocenters. The molecule has 0 saturated carbocycles. The third kappa shape index (κ3) is 5.01. The monoisotopic (exact) mass is 432 g/mol. The summed E-state index contributed by atoms with van der Waals surface area (Å²) in [5.41, 5.74) is 4.38. The number of rotatable bonds is 7. The van der Waals surface area contributed by atoms with E-state index < -0.39 is 0 Å². The predicted octanol–water partition coefficient (Wildman–Crippen LogP) is 4.58. The summed E-state index contributed by atoms with van der Waals surface area (Å²) in [5, 5.41) is 14.0. The van der Waals surface area contributed by atoms with E-state index in [1.54, 1.807) is 43.7 Å². The Bertz CT molecular complexity index is 742. The molecular formula is C16H15BrCl2N2O3. The summed E-state index contributed by atoms with van der Waals surface area (Å²) in [6, 6.07) is 8.68. The second-order valence-electron chi connectivity index (χ2n) is 4.60. The van der Waals surface area contributed by atoms with Crippen LogP contribution in [-0.4, -0.2) is 31.6 Å². The zero-order chi connectivity index (χ0) is 17.5. The van der Waals surface area contributed by atoms with Gasteiger partial charge >= 0.3 is 0 Å². The van der Waals surface area contributed by atoms with E-state index in [1.165, 1.54) is 0 Å². The zero-order valence-corrected chi connectivity index (χ0v) is 15.8. The van der Waals surface area contributed by atoms with Crippen molar-refractivity contribution < 1.29 is 14.6 Å². The van der Waals surface area contributed by atoms with Crippen molar-refractivity contribution >= 4 is 51.0 Å². The van der Waals surface area contributed by atoms with E-state index in [0.717, 1.165) is 10.0 Å². The predicted molar refractivity (Wildman–Crippen MR) is 101 cm³/mol. The first-order valence-electron chi connectivity index (χ1n) is 6.90. The third-order valence-electron chi connectivity index (χ3n) is 2.95. The van der Waals surface area contributed by atoms with E-state index in [9.17, 15) is 0 Å². The largest absolute Gasteiger partial charge is 0.493 e. The molecule has 2 aromatic rings. The van der Waals surface area contributed by atoms with Gasteiger partial charge in [-0.25, -0.2) is 0 Å². The van der Waals surface area contributed by atoms with E-state index >= 15 is 0 Å². The molecule has 0 atom stereocenters. The number of aliphatic hydroxyl groups is 1. The van der Waals surface area contributed by atoms with Crippen LogP contribution in [0.3, 0.4) is 0 Å². The first-order chi connectivity index (χ1) is 11.5. The maximum atomic E-state index is 8.85. The van der Waals surface area contributed by atoms with Crippen LogP contribution in [0.2, 0.25) is 10.0 Å². The Morgan fingerprint density at radius 3 is 2.67 bits per heavy atom. The number of benzene rings is 2. The van der Waals surface area contributed by atoms with E-state index in [2.05, 4.69) is 26.5 Å². The summed E-state index contributed by atoms with van der Waals surface area (Å²) in [7, 11) is 1.55. The molecule has 0 aliphatic heterocycles. The fourth-order valence-electron chi connectivity index (χ4n) is 1.82. The number of nitrogens with one attached hydrogen (secondary N) is 1. The second-order valence-corrected chi connectivity index (χ2v) is 6.26. The van der Waals surface area contributed by atoms with Crippen LogP contribution in [-0.2, 0) is 0 Å². The quantitative estimate of drug-likeness (QED) is 0.495. The molecule has 128 valence electrons. The van der Waals surface area contributed by atoms with Crippen LogP contribution in [0.25, 0.3) is 0 Å². The first kappa shape index (κ1) is 18.9. The minimum Gasteiger partial charge on any atom is -0.493 e.